The molecule has 1 aliphatic heterocycles. The number of hydrogen-bond donors (Lipinski definition) is 2. The highest BCUT2D eigenvalue weighted by Gasteiger charge is 2.21. The Balaban J connectivity index is 1.58. The van der Waals surface area contributed by atoms with Crippen LogP contribution in [0.3, 0.4) is 0 Å². The maximum Gasteiger partial charge on any atom is 0.223 e. The van der Waals surface area contributed by atoms with Gasteiger partial charge in [0, 0.05) is 18.4 Å². The zero-order valence-electron chi connectivity index (χ0n) is 12.3. The van der Waals surface area contributed by atoms with Gasteiger partial charge in [0.2, 0.25) is 5.91 Å². The third-order valence-electron chi connectivity index (χ3n) is 4.02. The molecule has 0 spiro atoms. The molecule has 1 atom stereocenters. The minimum atomic E-state index is 0.175. The van der Waals surface area contributed by atoms with E-state index in [4.69, 9.17) is 0 Å². The topological polar surface area (TPSA) is 54.0 Å². The Bertz CT molecular complexity index is 586. The van der Waals surface area contributed by atoms with Crippen LogP contribution in [0, 0.1) is 5.92 Å². The van der Waals surface area contributed by atoms with E-state index >= 15 is 0 Å². The fraction of sp³-hybridized carbons (Fsp3) is 0.500. The Morgan fingerprint density at radius 2 is 2.19 bits per heavy atom. The molecule has 112 valence electrons. The molecule has 0 saturated carbocycles. The summed E-state index contributed by atoms with van der Waals surface area (Å²) in [6.07, 6.45) is 1.89. The van der Waals surface area contributed by atoms with Crippen molar-refractivity contribution in [2.75, 3.05) is 19.6 Å². The molecule has 2 N–H and O–H groups in total. The van der Waals surface area contributed by atoms with E-state index in [-0.39, 0.29) is 17.7 Å². The van der Waals surface area contributed by atoms with Crippen LogP contribution in [0.1, 0.15) is 30.7 Å². The summed E-state index contributed by atoms with van der Waals surface area (Å²) >= 11 is 1.72. The number of carbonyl (C=O) groups is 1. The van der Waals surface area contributed by atoms with E-state index in [1.165, 1.54) is 4.70 Å². The molecule has 5 heteroatoms. The van der Waals surface area contributed by atoms with Gasteiger partial charge in [-0.25, -0.2) is 4.98 Å². The number of aromatic nitrogens is 1. The number of nitrogens with one attached hydrogen (secondary N) is 2. The van der Waals surface area contributed by atoms with Crippen LogP contribution in [-0.4, -0.2) is 30.5 Å². The van der Waals surface area contributed by atoms with E-state index < -0.39 is 0 Å². The number of nitrogens with zero attached hydrogens (tertiary/aromatic N) is 1. The van der Waals surface area contributed by atoms with Crippen molar-refractivity contribution in [1.29, 1.82) is 0 Å². The molecular weight excluding hydrogens is 282 g/mol. The van der Waals surface area contributed by atoms with Crippen LogP contribution < -0.4 is 10.6 Å². The Labute approximate surface area is 129 Å². The Hall–Kier alpha value is -1.46. The highest BCUT2D eigenvalue weighted by Crippen LogP contribution is 2.27. The number of benzene rings is 1. The molecule has 1 aromatic carbocycles. The fourth-order valence-corrected chi connectivity index (χ4v) is 3.69. The standard InChI is InChI=1S/C16H21N3OS/c1-11(10-18-15(20)12-6-8-17-9-7-12)16-19-13-4-2-3-5-14(13)21-16/h2-5,11-12,17H,6-10H2,1H3,(H,18,20)/t11-/m1/s1. The largest absolute Gasteiger partial charge is 0.355 e. The van der Waals surface area contributed by atoms with Crippen molar-refractivity contribution < 1.29 is 4.79 Å². The van der Waals surface area contributed by atoms with Crippen molar-refractivity contribution >= 4 is 27.5 Å². The lowest BCUT2D eigenvalue weighted by molar-refractivity contribution is -0.125. The number of piperidine rings is 1. The predicted molar refractivity (Wildman–Crippen MR) is 86.6 cm³/mol. The summed E-state index contributed by atoms with van der Waals surface area (Å²) in [6, 6.07) is 8.18. The zero-order chi connectivity index (χ0) is 14.7. The van der Waals surface area contributed by atoms with Gasteiger partial charge in [0.1, 0.15) is 0 Å². The predicted octanol–water partition coefficient (Wildman–Crippen LogP) is 2.52. The Morgan fingerprint density at radius 1 is 1.43 bits per heavy atom. The minimum Gasteiger partial charge on any atom is -0.355 e. The number of hydrogen-bond acceptors (Lipinski definition) is 4. The lowest BCUT2D eigenvalue weighted by atomic mass is 9.97. The number of amides is 1. The molecule has 1 saturated heterocycles. The number of carbonyl (C=O) groups excluding carboxylic acids is 1. The molecular formula is C16H21N3OS. The highest BCUT2D eigenvalue weighted by atomic mass is 32.1. The molecule has 0 bridgehead atoms. The quantitative estimate of drug-likeness (QED) is 0.912. The van der Waals surface area contributed by atoms with Crippen molar-refractivity contribution in [2.24, 2.45) is 5.92 Å². The van der Waals surface area contributed by atoms with Gasteiger partial charge in [0.05, 0.1) is 15.2 Å². The smallest absolute Gasteiger partial charge is 0.223 e. The molecule has 1 aliphatic rings. The molecule has 1 aromatic heterocycles. The van der Waals surface area contributed by atoms with Crippen LogP contribution in [0.4, 0.5) is 0 Å². The van der Waals surface area contributed by atoms with Crippen molar-refractivity contribution in [3.05, 3.63) is 29.3 Å². The van der Waals surface area contributed by atoms with Gasteiger partial charge in [-0.1, -0.05) is 19.1 Å². The minimum absolute atomic E-state index is 0.175. The first-order valence-corrected chi connectivity index (χ1v) is 8.39. The van der Waals surface area contributed by atoms with Gasteiger partial charge in [0.15, 0.2) is 0 Å². The average molecular weight is 303 g/mol. The van der Waals surface area contributed by atoms with E-state index in [1.54, 1.807) is 11.3 Å². The van der Waals surface area contributed by atoms with Gasteiger partial charge in [-0.15, -0.1) is 11.3 Å². The Kier molecular flexibility index (Phi) is 4.51. The number of rotatable bonds is 4. The zero-order valence-corrected chi connectivity index (χ0v) is 13.1. The number of fused-ring (bicyclic) bond motifs is 1. The van der Waals surface area contributed by atoms with E-state index in [0.29, 0.717) is 6.54 Å². The summed E-state index contributed by atoms with van der Waals surface area (Å²) in [7, 11) is 0. The summed E-state index contributed by atoms with van der Waals surface area (Å²) < 4.78 is 1.21. The summed E-state index contributed by atoms with van der Waals surface area (Å²) in [5, 5.41) is 7.48. The van der Waals surface area contributed by atoms with E-state index in [0.717, 1.165) is 36.5 Å². The lowest BCUT2D eigenvalue weighted by Gasteiger charge is -2.22. The molecule has 3 rings (SSSR count). The molecule has 1 amide bonds. The summed E-state index contributed by atoms with van der Waals surface area (Å²) in [6.45, 7) is 4.69. The molecule has 2 heterocycles. The molecule has 21 heavy (non-hydrogen) atoms. The van der Waals surface area contributed by atoms with Crippen LogP contribution in [-0.2, 0) is 4.79 Å². The first-order valence-electron chi connectivity index (χ1n) is 7.58. The second-order valence-electron chi connectivity index (χ2n) is 5.69. The van der Waals surface area contributed by atoms with Crippen LogP contribution in [0.5, 0.6) is 0 Å². The SMILES string of the molecule is C[C@H](CNC(=O)C1CCNCC1)c1nc2ccccc2s1. The molecule has 0 aliphatic carbocycles. The monoisotopic (exact) mass is 303 g/mol. The van der Waals surface area contributed by atoms with Crippen LogP contribution >= 0.6 is 11.3 Å². The van der Waals surface area contributed by atoms with Gasteiger partial charge in [-0.05, 0) is 38.1 Å². The van der Waals surface area contributed by atoms with Crippen molar-refractivity contribution in [2.45, 2.75) is 25.7 Å². The second-order valence-corrected chi connectivity index (χ2v) is 6.75. The first-order chi connectivity index (χ1) is 10.2. The van der Waals surface area contributed by atoms with Crippen molar-refractivity contribution in [3.8, 4) is 0 Å². The third-order valence-corrected chi connectivity index (χ3v) is 5.29. The van der Waals surface area contributed by atoms with Gasteiger partial charge >= 0.3 is 0 Å². The van der Waals surface area contributed by atoms with Gasteiger partial charge in [-0.2, -0.15) is 0 Å². The molecule has 0 radical (unpaired) electrons. The lowest BCUT2D eigenvalue weighted by Crippen LogP contribution is -2.39. The Morgan fingerprint density at radius 3 is 2.95 bits per heavy atom. The van der Waals surface area contributed by atoms with Crippen LogP contribution in [0.15, 0.2) is 24.3 Å². The summed E-state index contributed by atoms with van der Waals surface area (Å²) in [4.78, 5) is 16.8. The van der Waals surface area contributed by atoms with E-state index in [1.807, 2.05) is 18.2 Å². The van der Waals surface area contributed by atoms with Gasteiger partial charge < -0.3 is 10.6 Å². The molecule has 2 aromatic rings. The van der Waals surface area contributed by atoms with Crippen LogP contribution in [0.25, 0.3) is 10.2 Å². The third kappa shape index (κ3) is 3.41. The van der Waals surface area contributed by atoms with Gasteiger partial charge in [-0.3, -0.25) is 4.79 Å². The van der Waals surface area contributed by atoms with Crippen LogP contribution in [0.2, 0.25) is 0 Å². The van der Waals surface area contributed by atoms with Crippen molar-refractivity contribution in [3.63, 3.8) is 0 Å². The molecule has 0 unspecified atom stereocenters. The summed E-state index contributed by atoms with van der Waals surface area (Å²) in [5.41, 5.74) is 1.05. The molecule has 4 nitrogen and oxygen atoms in total. The van der Waals surface area contributed by atoms with E-state index in [2.05, 4.69) is 28.6 Å². The molecule has 1 fully saturated rings. The fourth-order valence-electron chi connectivity index (χ4n) is 2.67. The van der Waals surface area contributed by atoms with Gasteiger partial charge in [0.25, 0.3) is 0 Å². The van der Waals surface area contributed by atoms with E-state index in [9.17, 15) is 4.79 Å². The highest BCUT2D eigenvalue weighted by molar-refractivity contribution is 7.18. The summed E-state index contributed by atoms with van der Waals surface area (Å²) in [5.74, 6) is 0.631. The second kappa shape index (κ2) is 6.54. The number of para-hydroxylation sites is 1. The maximum atomic E-state index is 12.2. The average Bonchev–Trinajstić information content (AvgIpc) is 2.97. The normalized spacial score (nSPS) is 17.8. The maximum absolute atomic E-state index is 12.2. The van der Waals surface area contributed by atoms with Crippen molar-refractivity contribution in [1.82, 2.24) is 15.6 Å². The number of thiazole rings is 1. The first kappa shape index (κ1) is 14.5.